The van der Waals surface area contributed by atoms with E-state index in [1.165, 1.54) is 18.2 Å². The predicted octanol–water partition coefficient (Wildman–Crippen LogP) is 1.24. The van der Waals surface area contributed by atoms with Crippen molar-refractivity contribution in [3.8, 4) is 0 Å². The Morgan fingerprint density at radius 2 is 2.00 bits per heavy atom. The normalized spacial score (nSPS) is 11.2. The Morgan fingerprint density at radius 1 is 1.41 bits per heavy atom. The fourth-order valence-electron chi connectivity index (χ4n) is 1.21. The molecule has 1 amide bonds. The van der Waals surface area contributed by atoms with Gasteiger partial charge in [0.15, 0.2) is 0 Å². The third-order valence-corrected chi connectivity index (χ3v) is 3.84. The summed E-state index contributed by atoms with van der Waals surface area (Å²) in [5, 5.41) is 0.253. The van der Waals surface area contributed by atoms with E-state index >= 15 is 0 Å². The molecule has 5 nitrogen and oxygen atoms in total. The van der Waals surface area contributed by atoms with Gasteiger partial charge in [0.1, 0.15) is 6.54 Å². The second kappa shape index (κ2) is 5.12. The van der Waals surface area contributed by atoms with Crippen LogP contribution in [0.25, 0.3) is 0 Å². The summed E-state index contributed by atoms with van der Waals surface area (Å²) in [5.41, 5.74) is 5.12. The molecule has 0 aliphatic rings. The molecule has 94 valence electrons. The number of carbonyl (C=O) groups excluding carboxylic acids is 1. The molecule has 0 aliphatic carbocycles. The van der Waals surface area contributed by atoms with Gasteiger partial charge in [-0.15, -0.1) is 0 Å². The lowest BCUT2D eigenvalue weighted by atomic mass is 10.3. The van der Waals surface area contributed by atoms with E-state index in [1.54, 1.807) is 0 Å². The van der Waals surface area contributed by atoms with Crippen molar-refractivity contribution in [2.45, 2.75) is 0 Å². The number of hydrogen-bond acceptors (Lipinski definition) is 3. The van der Waals surface area contributed by atoms with Crippen LogP contribution in [0.4, 0.5) is 5.69 Å². The summed E-state index contributed by atoms with van der Waals surface area (Å²) in [5.74, 6) is -0.786. The van der Waals surface area contributed by atoms with Crippen molar-refractivity contribution in [2.75, 3.05) is 17.1 Å². The van der Waals surface area contributed by atoms with Gasteiger partial charge in [0.25, 0.3) is 0 Å². The van der Waals surface area contributed by atoms with E-state index in [9.17, 15) is 13.2 Å². The van der Waals surface area contributed by atoms with Crippen LogP contribution >= 0.6 is 23.2 Å². The lowest BCUT2D eigenvalue weighted by molar-refractivity contribution is -0.116. The molecule has 0 spiro atoms. The lowest BCUT2D eigenvalue weighted by Crippen LogP contribution is -2.38. The molecular weight excluding hydrogens is 287 g/mol. The van der Waals surface area contributed by atoms with Crippen LogP contribution in [0.15, 0.2) is 18.2 Å². The Kier molecular flexibility index (Phi) is 4.24. The maximum absolute atomic E-state index is 11.5. The second-order valence-corrected chi connectivity index (χ2v) is 6.00. The van der Waals surface area contributed by atoms with E-state index in [0.717, 1.165) is 10.6 Å². The molecule has 0 bridgehead atoms. The third kappa shape index (κ3) is 3.49. The standard InChI is InChI=1S/C9H10Cl2N2O3S/c1-17(15,16)13(5-8(12)14)7-4-2-3-6(10)9(7)11/h2-4H,5H2,1H3,(H2,12,14). The molecule has 17 heavy (non-hydrogen) atoms. The number of anilines is 1. The molecule has 0 atom stereocenters. The Hall–Kier alpha value is -0.980. The summed E-state index contributed by atoms with van der Waals surface area (Å²) < 4.78 is 23.9. The summed E-state index contributed by atoms with van der Waals surface area (Å²) in [6, 6.07) is 4.49. The van der Waals surface area contributed by atoms with Crippen LogP contribution in [-0.4, -0.2) is 27.1 Å². The molecule has 0 fully saturated rings. The number of benzene rings is 1. The largest absolute Gasteiger partial charge is 0.368 e. The maximum atomic E-state index is 11.5. The van der Waals surface area contributed by atoms with Gasteiger partial charge in [-0.2, -0.15) is 0 Å². The van der Waals surface area contributed by atoms with Crippen molar-refractivity contribution in [1.29, 1.82) is 0 Å². The first kappa shape index (κ1) is 14.1. The van der Waals surface area contributed by atoms with Gasteiger partial charge in [-0.3, -0.25) is 9.10 Å². The van der Waals surface area contributed by atoms with Crippen LogP contribution in [0.5, 0.6) is 0 Å². The number of halogens is 2. The number of rotatable bonds is 4. The molecule has 0 aromatic heterocycles. The Bertz CT molecular complexity index is 545. The molecule has 2 N–H and O–H groups in total. The lowest BCUT2D eigenvalue weighted by Gasteiger charge is -2.22. The monoisotopic (exact) mass is 296 g/mol. The molecule has 0 saturated carbocycles. The van der Waals surface area contributed by atoms with Crippen molar-refractivity contribution in [2.24, 2.45) is 5.73 Å². The van der Waals surface area contributed by atoms with Crippen LogP contribution in [-0.2, 0) is 14.8 Å². The zero-order valence-corrected chi connectivity index (χ0v) is 11.2. The van der Waals surface area contributed by atoms with Gasteiger partial charge in [0.2, 0.25) is 15.9 Å². The Balaban J connectivity index is 3.32. The first-order chi connectivity index (χ1) is 7.73. The van der Waals surface area contributed by atoms with E-state index < -0.39 is 22.5 Å². The quantitative estimate of drug-likeness (QED) is 0.908. The Morgan fingerprint density at radius 3 is 2.47 bits per heavy atom. The van der Waals surface area contributed by atoms with Gasteiger partial charge in [-0.1, -0.05) is 29.3 Å². The van der Waals surface area contributed by atoms with Crippen molar-refractivity contribution < 1.29 is 13.2 Å². The molecule has 0 unspecified atom stereocenters. The summed E-state index contributed by atoms with van der Waals surface area (Å²) in [4.78, 5) is 10.9. The molecule has 1 aromatic carbocycles. The second-order valence-electron chi connectivity index (χ2n) is 3.31. The SMILES string of the molecule is CS(=O)(=O)N(CC(N)=O)c1cccc(Cl)c1Cl. The van der Waals surface area contributed by atoms with Crippen molar-refractivity contribution in [3.63, 3.8) is 0 Å². The predicted molar refractivity (Wildman–Crippen MR) is 67.8 cm³/mol. The van der Waals surface area contributed by atoms with Crippen molar-refractivity contribution in [3.05, 3.63) is 28.2 Å². The minimum absolute atomic E-state index is 0.0563. The van der Waals surface area contributed by atoms with Gasteiger partial charge >= 0.3 is 0 Å². The van der Waals surface area contributed by atoms with Crippen LogP contribution in [0, 0.1) is 0 Å². The smallest absolute Gasteiger partial charge is 0.238 e. The minimum Gasteiger partial charge on any atom is -0.368 e. The molecule has 0 saturated heterocycles. The number of sulfonamides is 1. The highest BCUT2D eigenvalue weighted by molar-refractivity contribution is 7.92. The first-order valence-electron chi connectivity index (χ1n) is 4.43. The summed E-state index contributed by atoms with van der Waals surface area (Å²) >= 11 is 11.7. The molecule has 0 radical (unpaired) electrons. The van der Waals surface area contributed by atoms with Crippen LogP contribution in [0.3, 0.4) is 0 Å². The summed E-state index contributed by atoms with van der Waals surface area (Å²) in [6.07, 6.45) is 0.952. The maximum Gasteiger partial charge on any atom is 0.238 e. The number of nitrogens with zero attached hydrogens (tertiary/aromatic N) is 1. The van der Waals surface area contributed by atoms with Gasteiger partial charge in [-0.05, 0) is 12.1 Å². The van der Waals surface area contributed by atoms with Crippen LogP contribution < -0.4 is 10.0 Å². The fraction of sp³-hybridized carbons (Fsp3) is 0.222. The van der Waals surface area contributed by atoms with Gasteiger partial charge in [-0.25, -0.2) is 8.42 Å². The molecule has 0 aliphatic heterocycles. The zero-order chi connectivity index (χ0) is 13.2. The van der Waals surface area contributed by atoms with Gasteiger partial charge in [0.05, 0.1) is 22.0 Å². The highest BCUT2D eigenvalue weighted by Gasteiger charge is 2.22. The molecule has 1 rings (SSSR count). The van der Waals surface area contributed by atoms with E-state index in [-0.39, 0.29) is 15.7 Å². The molecule has 0 heterocycles. The van der Waals surface area contributed by atoms with E-state index in [1.807, 2.05) is 0 Å². The highest BCUT2D eigenvalue weighted by Crippen LogP contribution is 2.33. The minimum atomic E-state index is -3.66. The van der Waals surface area contributed by atoms with Gasteiger partial charge in [0, 0.05) is 0 Å². The average Bonchev–Trinajstić information content (AvgIpc) is 2.17. The number of hydrogen-bond donors (Lipinski definition) is 1. The van der Waals surface area contributed by atoms with E-state index in [4.69, 9.17) is 28.9 Å². The Labute approximate surface area is 109 Å². The summed E-state index contributed by atoms with van der Waals surface area (Å²) in [6.45, 7) is -0.487. The summed E-state index contributed by atoms with van der Waals surface area (Å²) in [7, 11) is -3.66. The number of amides is 1. The molecule has 1 aromatic rings. The topological polar surface area (TPSA) is 80.5 Å². The van der Waals surface area contributed by atoms with E-state index in [0.29, 0.717) is 0 Å². The number of carbonyl (C=O) groups is 1. The number of primary amides is 1. The zero-order valence-electron chi connectivity index (χ0n) is 8.85. The number of nitrogens with two attached hydrogens (primary N) is 1. The van der Waals surface area contributed by atoms with Crippen LogP contribution in [0.1, 0.15) is 0 Å². The first-order valence-corrected chi connectivity index (χ1v) is 7.04. The van der Waals surface area contributed by atoms with Gasteiger partial charge < -0.3 is 5.73 Å². The highest BCUT2D eigenvalue weighted by atomic mass is 35.5. The van der Waals surface area contributed by atoms with Crippen molar-refractivity contribution >= 4 is 44.8 Å². The third-order valence-electron chi connectivity index (χ3n) is 1.90. The molecule has 8 heteroatoms. The van der Waals surface area contributed by atoms with Crippen LogP contribution in [0.2, 0.25) is 10.0 Å². The van der Waals surface area contributed by atoms with E-state index in [2.05, 4.69) is 0 Å². The molecular formula is C9H10Cl2N2O3S. The van der Waals surface area contributed by atoms with Crippen molar-refractivity contribution in [1.82, 2.24) is 0 Å². The fourth-order valence-corrected chi connectivity index (χ4v) is 2.53. The average molecular weight is 297 g/mol.